The van der Waals surface area contributed by atoms with E-state index in [1.807, 2.05) is 6.92 Å². The average molecular weight is 235 g/mol. The van der Waals surface area contributed by atoms with E-state index < -0.39 is 12.8 Å². The van der Waals surface area contributed by atoms with Crippen LogP contribution in [0.1, 0.15) is 12.5 Å². The molecule has 0 aliphatic heterocycles. The third-order valence-electron chi connectivity index (χ3n) is 1.75. The van der Waals surface area contributed by atoms with Crippen molar-refractivity contribution in [2.24, 2.45) is 0 Å². The molecule has 0 saturated heterocycles. The molecular formula is C9H12F3N3O. The second kappa shape index (κ2) is 5.00. The van der Waals surface area contributed by atoms with E-state index in [-0.39, 0.29) is 5.88 Å². The van der Waals surface area contributed by atoms with Crippen molar-refractivity contribution in [2.45, 2.75) is 20.0 Å². The number of nitrogens with zero attached hydrogens (tertiary/aromatic N) is 2. The first-order valence-corrected chi connectivity index (χ1v) is 4.69. The Morgan fingerprint density at radius 2 is 2.06 bits per heavy atom. The lowest BCUT2D eigenvalue weighted by Gasteiger charge is -2.12. The van der Waals surface area contributed by atoms with Crippen molar-refractivity contribution in [1.82, 2.24) is 9.97 Å². The SMILES string of the molecule is CCNc1ncnc(OCC(F)(F)F)c1C. The summed E-state index contributed by atoms with van der Waals surface area (Å²) in [5.41, 5.74) is 0.466. The molecule has 0 saturated carbocycles. The maximum absolute atomic E-state index is 11.9. The van der Waals surface area contributed by atoms with Crippen LogP contribution in [0.2, 0.25) is 0 Å². The Morgan fingerprint density at radius 3 is 2.62 bits per heavy atom. The van der Waals surface area contributed by atoms with Crippen LogP contribution in [-0.4, -0.2) is 29.3 Å². The smallest absolute Gasteiger partial charge is 0.422 e. The molecule has 1 N–H and O–H groups in total. The number of ether oxygens (including phenoxy) is 1. The number of rotatable bonds is 4. The summed E-state index contributed by atoms with van der Waals surface area (Å²) in [4.78, 5) is 7.54. The summed E-state index contributed by atoms with van der Waals surface area (Å²) >= 11 is 0. The minimum atomic E-state index is -4.37. The van der Waals surface area contributed by atoms with Gasteiger partial charge < -0.3 is 10.1 Å². The zero-order valence-electron chi connectivity index (χ0n) is 8.93. The van der Waals surface area contributed by atoms with Crippen LogP contribution in [0.15, 0.2) is 6.33 Å². The minimum Gasteiger partial charge on any atom is -0.468 e. The summed E-state index contributed by atoms with van der Waals surface area (Å²) in [7, 11) is 0. The fourth-order valence-electron chi connectivity index (χ4n) is 1.08. The van der Waals surface area contributed by atoms with Gasteiger partial charge in [0.25, 0.3) is 0 Å². The van der Waals surface area contributed by atoms with Crippen LogP contribution < -0.4 is 10.1 Å². The number of hydrogen-bond donors (Lipinski definition) is 1. The van der Waals surface area contributed by atoms with Crippen LogP contribution in [-0.2, 0) is 0 Å². The first-order chi connectivity index (χ1) is 7.44. The molecule has 90 valence electrons. The van der Waals surface area contributed by atoms with Gasteiger partial charge in [-0.15, -0.1) is 0 Å². The molecule has 0 atom stereocenters. The highest BCUT2D eigenvalue weighted by molar-refractivity contribution is 5.47. The van der Waals surface area contributed by atoms with E-state index >= 15 is 0 Å². The monoisotopic (exact) mass is 235 g/mol. The molecule has 0 aliphatic rings. The maximum atomic E-state index is 11.9. The quantitative estimate of drug-likeness (QED) is 0.868. The Bertz CT molecular complexity index is 354. The predicted octanol–water partition coefficient (Wildman–Crippen LogP) is 2.16. The van der Waals surface area contributed by atoms with E-state index in [0.29, 0.717) is 17.9 Å². The molecule has 1 rings (SSSR count). The molecule has 0 aliphatic carbocycles. The van der Waals surface area contributed by atoms with E-state index in [2.05, 4.69) is 20.0 Å². The third kappa shape index (κ3) is 3.56. The zero-order chi connectivity index (χ0) is 12.2. The summed E-state index contributed by atoms with van der Waals surface area (Å²) in [6.45, 7) is 2.73. The van der Waals surface area contributed by atoms with Gasteiger partial charge in [-0.1, -0.05) is 0 Å². The van der Waals surface area contributed by atoms with E-state index in [1.165, 1.54) is 0 Å². The molecule has 1 aromatic rings. The molecule has 1 aromatic heterocycles. The van der Waals surface area contributed by atoms with E-state index in [0.717, 1.165) is 6.33 Å². The van der Waals surface area contributed by atoms with Crippen LogP contribution in [0.5, 0.6) is 5.88 Å². The second-order valence-corrected chi connectivity index (χ2v) is 3.09. The van der Waals surface area contributed by atoms with Gasteiger partial charge in [0.05, 0.1) is 5.56 Å². The minimum absolute atomic E-state index is 0.0525. The van der Waals surface area contributed by atoms with E-state index in [9.17, 15) is 13.2 Å². The number of alkyl halides is 3. The lowest BCUT2D eigenvalue weighted by molar-refractivity contribution is -0.154. The summed E-state index contributed by atoms with van der Waals surface area (Å²) in [6.07, 6.45) is -3.20. The highest BCUT2D eigenvalue weighted by Gasteiger charge is 2.29. The van der Waals surface area contributed by atoms with Gasteiger partial charge in [0.2, 0.25) is 5.88 Å². The highest BCUT2D eigenvalue weighted by atomic mass is 19.4. The molecule has 1 heterocycles. The molecule has 0 aromatic carbocycles. The van der Waals surface area contributed by atoms with Crippen molar-refractivity contribution in [2.75, 3.05) is 18.5 Å². The lowest BCUT2D eigenvalue weighted by atomic mass is 10.3. The van der Waals surface area contributed by atoms with Crippen molar-refractivity contribution >= 4 is 5.82 Å². The van der Waals surface area contributed by atoms with Crippen molar-refractivity contribution in [3.05, 3.63) is 11.9 Å². The van der Waals surface area contributed by atoms with E-state index in [1.54, 1.807) is 6.92 Å². The van der Waals surface area contributed by atoms with Crippen LogP contribution in [0.25, 0.3) is 0 Å². The first kappa shape index (κ1) is 12.5. The van der Waals surface area contributed by atoms with Gasteiger partial charge in [-0.3, -0.25) is 0 Å². The normalized spacial score (nSPS) is 11.3. The standard InChI is InChI=1S/C9H12F3N3O/c1-3-13-7-6(2)8(15-5-14-7)16-4-9(10,11)12/h5H,3-4H2,1-2H3,(H,13,14,15). The van der Waals surface area contributed by atoms with Gasteiger partial charge in [-0.25, -0.2) is 9.97 Å². The fraction of sp³-hybridized carbons (Fsp3) is 0.556. The van der Waals surface area contributed by atoms with Gasteiger partial charge in [-0.05, 0) is 13.8 Å². The van der Waals surface area contributed by atoms with Gasteiger partial charge in [0, 0.05) is 6.54 Å². The molecular weight excluding hydrogens is 223 g/mol. The zero-order valence-corrected chi connectivity index (χ0v) is 8.93. The Kier molecular flexibility index (Phi) is 3.92. The topological polar surface area (TPSA) is 47.0 Å². The predicted molar refractivity (Wildman–Crippen MR) is 52.5 cm³/mol. The Labute approximate surface area is 90.9 Å². The summed E-state index contributed by atoms with van der Waals surface area (Å²) in [5, 5.41) is 2.90. The van der Waals surface area contributed by atoms with Gasteiger partial charge >= 0.3 is 6.18 Å². The van der Waals surface area contributed by atoms with E-state index in [4.69, 9.17) is 0 Å². The van der Waals surface area contributed by atoms with Crippen molar-refractivity contribution in [1.29, 1.82) is 0 Å². The molecule has 0 fully saturated rings. The molecule has 0 amide bonds. The number of nitrogens with one attached hydrogen (secondary N) is 1. The molecule has 0 bridgehead atoms. The van der Waals surface area contributed by atoms with Crippen molar-refractivity contribution in [3.8, 4) is 5.88 Å². The van der Waals surface area contributed by atoms with Crippen LogP contribution in [0.3, 0.4) is 0 Å². The Balaban J connectivity index is 2.77. The molecule has 4 nitrogen and oxygen atoms in total. The number of hydrogen-bond acceptors (Lipinski definition) is 4. The summed E-state index contributed by atoms with van der Waals surface area (Å²) < 4.78 is 40.4. The average Bonchev–Trinajstić information content (AvgIpc) is 2.18. The van der Waals surface area contributed by atoms with Crippen LogP contribution in [0, 0.1) is 6.92 Å². The van der Waals surface area contributed by atoms with Gasteiger partial charge in [-0.2, -0.15) is 13.2 Å². The first-order valence-electron chi connectivity index (χ1n) is 4.69. The Morgan fingerprint density at radius 1 is 1.38 bits per heavy atom. The largest absolute Gasteiger partial charge is 0.468 e. The van der Waals surface area contributed by atoms with Crippen LogP contribution >= 0.6 is 0 Å². The summed E-state index contributed by atoms with van der Waals surface area (Å²) in [6, 6.07) is 0. The van der Waals surface area contributed by atoms with Gasteiger partial charge in [0.1, 0.15) is 12.1 Å². The number of halogens is 3. The third-order valence-corrected chi connectivity index (χ3v) is 1.75. The maximum Gasteiger partial charge on any atom is 0.422 e. The lowest BCUT2D eigenvalue weighted by Crippen LogP contribution is -2.20. The molecule has 0 spiro atoms. The van der Waals surface area contributed by atoms with Gasteiger partial charge in [0.15, 0.2) is 6.61 Å². The Hall–Kier alpha value is -1.53. The summed E-state index contributed by atoms with van der Waals surface area (Å²) in [5.74, 6) is 0.429. The van der Waals surface area contributed by atoms with Crippen molar-refractivity contribution in [3.63, 3.8) is 0 Å². The number of anilines is 1. The molecule has 16 heavy (non-hydrogen) atoms. The van der Waals surface area contributed by atoms with Crippen LogP contribution in [0.4, 0.5) is 19.0 Å². The fourth-order valence-corrected chi connectivity index (χ4v) is 1.08. The molecule has 7 heteroatoms. The second-order valence-electron chi connectivity index (χ2n) is 3.09. The molecule has 0 unspecified atom stereocenters. The molecule has 0 radical (unpaired) electrons. The van der Waals surface area contributed by atoms with Crippen molar-refractivity contribution < 1.29 is 17.9 Å². The highest BCUT2D eigenvalue weighted by Crippen LogP contribution is 2.22. The number of aromatic nitrogens is 2.